The summed E-state index contributed by atoms with van der Waals surface area (Å²) in [5.41, 5.74) is 1.26. The number of hydrogen-bond acceptors (Lipinski definition) is 2. The van der Waals surface area contributed by atoms with Gasteiger partial charge < -0.3 is 4.90 Å². The molecule has 2 rings (SSSR count). The number of hydrogen-bond donors (Lipinski definition) is 0. The second-order valence-electron chi connectivity index (χ2n) is 4.70. The van der Waals surface area contributed by atoms with E-state index in [9.17, 15) is 0 Å². The van der Waals surface area contributed by atoms with Gasteiger partial charge in [-0.2, -0.15) is 0 Å². The number of rotatable bonds is 2. The minimum absolute atomic E-state index is 0.790. The van der Waals surface area contributed by atoms with Gasteiger partial charge in [-0.1, -0.05) is 13.8 Å². The number of pyridine rings is 1. The molecule has 3 heteroatoms. The first-order chi connectivity index (χ1) is 7.08. The number of nitrogens with zero attached hydrogens (tertiary/aromatic N) is 2. The van der Waals surface area contributed by atoms with Crippen molar-refractivity contribution in [3.63, 3.8) is 0 Å². The van der Waals surface area contributed by atoms with E-state index in [1.807, 2.05) is 6.20 Å². The minimum atomic E-state index is 0.790. The molecule has 0 radical (unpaired) electrons. The third-order valence-corrected chi connectivity index (χ3v) is 4.04. The lowest BCUT2D eigenvalue weighted by Gasteiger charge is -2.42. The summed E-state index contributed by atoms with van der Waals surface area (Å²) in [6.45, 7) is 9.01. The monoisotopic (exact) mass is 268 g/mol. The maximum atomic E-state index is 4.43. The molecule has 1 fully saturated rings. The zero-order valence-electron chi connectivity index (χ0n) is 9.50. The van der Waals surface area contributed by atoms with E-state index < -0.39 is 0 Å². The highest BCUT2D eigenvalue weighted by atomic mass is 79.9. The molecule has 0 spiro atoms. The van der Waals surface area contributed by atoms with E-state index >= 15 is 0 Å². The van der Waals surface area contributed by atoms with Crippen molar-refractivity contribution >= 4 is 21.7 Å². The maximum Gasteiger partial charge on any atom is 0.128 e. The lowest BCUT2D eigenvalue weighted by molar-refractivity contribution is 0.308. The summed E-state index contributed by atoms with van der Waals surface area (Å²) in [6.07, 6.45) is 1.90. The summed E-state index contributed by atoms with van der Waals surface area (Å²) in [5.74, 6) is 2.75. The highest BCUT2D eigenvalue weighted by molar-refractivity contribution is 9.10. The molecule has 1 saturated heterocycles. The van der Waals surface area contributed by atoms with Gasteiger partial charge in [-0.3, -0.25) is 0 Å². The molecule has 0 saturated carbocycles. The van der Waals surface area contributed by atoms with Crippen LogP contribution in [-0.2, 0) is 0 Å². The lowest BCUT2D eigenvalue weighted by Crippen LogP contribution is -2.49. The number of halogens is 1. The van der Waals surface area contributed by atoms with E-state index in [4.69, 9.17) is 0 Å². The van der Waals surface area contributed by atoms with Crippen LogP contribution in [0.4, 0.5) is 5.82 Å². The van der Waals surface area contributed by atoms with Crippen molar-refractivity contribution in [1.29, 1.82) is 0 Å². The van der Waals surface area contributed by atoms with Crippen LogP contribution in [0.5, 0.6) is 0 Å². The Bertz CT molecular complexity index is 357. The van der Waals surface area contributed by atoms with E-state index in [-0.39, 0.29) is 0 Å². The van der Waals surface area contributed by atoms with Crippen LogP contribution in [0.3, 0.4) is 0 Å². The maximum absolute atomic E-state index is 4.43. The van der Waals surface area contributed by atoms with Gasteiger partial charge in [-0.15, -0.1) is 0 Å². The van der Waals surface area contributed by atoms with Gasteiger partial charge in [-0.25, -0.2) is 4.98 Å². The average molecular weight is 269 g/mol. The molecule has 0 amide bonds. The Labute approximate surface area is 99.8 Å². The van der Waals surface area contributed by atoms with Crippen molar-refractivity contribution in [2.45, 2.75) is 20.8 Å². The molecule has 2 nitrogen and oxygen atoms in total. The van der Waals surface area contributed by atoms with E-state index in [2.05, 4.69) is 52.7 Å². The number of aromatic nitrogens is 1. The van der Waals surface area contributed by atoms with Crippen LogP contribution < -0.4 is 4.90 Å². The van der Waals surface area contributed by atoms with Gasteiger partial charge in [0.15, 0.2) is 0 Å². The van der Waals surface area contributed by atoms with Crippen LogP contribution in [0.15, 0.2) is 16.7 Å². The predicted octanol–water partition coefficient (Wildman–Crippen LogP) is 3.24. The topological polar surface area (TPSA) is 16.1 Å². The van der Waals surface area contributed by atoms with Crippen LogP contribution in [-0.4, -0.2) is 18.1 Å². The van der Waals surface area contributed by atoms with Crippen molar-refractivity contribution in [3.05, 3.63) is 22.3 Å². The van der Waals surface area contributed by atoms with Crippen LogP contribution in [0, 0.1) is 18.8 Å². The van der Waals surface area contributed by atoms with Crippen LogP contribution in [0.25, 0.3) is 0 Å². The summed E-state index contributed by atoms with van der Waals surface area (Å²) in [5, 5.41) is 0. The third-order valence-electron chi connectivity index (χ3n) is 3.21. The fourth-order valence-corrected chi connectivity index (χ4v) is 2.04. The Kier molecular flexibility index (Phi) is 3.01. The van der Waals surface area contributed by atoms with Crippen molar-refractivity contribution in [2.24, 2.45) is 11.8 Å². The second-order valence-corrected chi connectivity index (χ2v) is 5.56. The van der Waals surface area contributed by atoms with Crippen LogP contribution in [0.1, 0.15) is 19.4 Å². The number of anilines is 1. The van der Waals surface area contributed by atoms with Crippen molar-refractivity contribution in [2.75, 3.05) is 18.0 Å². The summed E-state index contributed by atoms with van der Waals surface area (Å²) in [7, 11) is 0. The van der Waals surface area contributed by atoms with Gasteiger partial charge in [-0.05, 0) is 46.3 Å². The largest absolute Gasteiger partial charge is 0.356 e. The smallest absolute Gasteiger partial charge is 0.128 e. The minimum Gasteiger partial charge on any atom is -0.356 e. The predicted molar refractivity (Wildman–Crippen MR) is 67.2 cm³/mol. The first-order valence-electron chi connectivity index (χ1n) is 5.45. The highest BCUT2D eigenvalue weighted by Gasteiger charge is 2.29. The highest BCUT2D eigenvalue weighted by Crippen LogP contribution is 2.29. The van der Waals surface area contributed by atoms with Crippen LogP contribution in [0.2, 0.25) is 0 Å². The molecule has 0 bridgehead atoms. The van der Waals surface area contributed by atoms with Gasteiger partial charge in [0, 0.05) is 23.8 Å². The molecular weight excluding hydrogens is 252 g/mol. The van der Waals surface area contributed by atoms with Gasteiger partial charge >= 0.3 is 0 Å². The number of aryl methyl sites for hydroxylation is 1. The summed E-state index contributed by atoms with van der Waals surface area (Å²) < 4.78 is 1.09. The Hall–Kier alpha value is -0.570. The first-order valence-corrected chi connectivity index (χ1v) is 6.24. The molecule has 2 heterocycles. The van der Waals surface area contributed by atoms with E-state index in [0.717, 1.165) is 35.2 Å². The first kappa shape index (κ1) is 10.9. The van der Waals surface area contributed by atoms with Gasteiger partial charge in [0.1, 0.15) is 5.82 Å². The molecule has 0 atom stereocenters. The second kappa shape index (κ2) is 4.12. The lowest BCUT2D eigenvalue weighted by atomic mass is 9.88. The van der Waals surface area contributed by atoms with E-state index in [1.165, 1.54) is 5.56 Å². The Balaban J connectivity index is 2.04. The van der Waals surface area contributed by atoms with E-state index in [1.54, 1.807) is 0 Å². The molecule has 1 aromatic heterocycles. The van der Waals surface area contributed by atoms with Gasteiger partial charge in [0.25, 0.3) is 0 Å². The fraction of sp³-hybridized carbons (Fsp3) is 0.583. The Morgan fingerprint density at radius 3 is 2.67 bits per heavy atom. The Morgan fingerprint density at radius 2 is 2.13 bits per heavy atom. The van der Waals surface area contributed by atoms with Crippen LogP contribution >= 0.6 is 15.9 Å². The zero-order valence-corrected chi connectivity index (χ0v) is 11.1. The molecular formula is C12H17BrN2. The fourth-order valence-electron chi connectivity index (χ4n) is 1.82. The van der Waals surface area contributed by atoms with Crippen molar-refractivity contribution < 1.29 is 0 Å². The van der Waals surface area contributed by atoms with Gasteiger partial charge in [0.2, 0.25) is 0 Å². The van der Waals surface area contributed by atoms with Gasteiger partial charge in [0.05, 0.1) is 0 Å². The molecule has 0 N–H and O–H groups in total. The molecule has 0 aliphatic carbocycles. The zero-order chi connectivity index (χ0) is 11.0. The normalized spacial score (nSPS) is 17.0. The quantitative estimate of drug-likeness (QED) is 0.819. The van der Waals surface area contributed by atoms with Crippen molar-refractivity contribution in [3.8, 4) is 0 Å². The SMILES string of the molecule is Cc1cc(N2CC(C(C)C)C2)ncc1Br. The molecule has 1 aromatic rings. The molecule has 82 valence electrons. The standard InChI is InChI=1S/C12H17BrN2/c1-8(2)10-6-15(7-10)12-4-9(3)11(13)5-14-12/h4-5,8,10H,6-7H2,1-3H3. The molecule has 15 heavy (non-hydrogen) atoms. The summed E-state index contributed by atoms with van der Waals surface area (Å²) in [6, 6.07) is 2.15. The molecule has 0 unspecified atom stereocenters. The summed E-state index contributed by atoms with van der Waals surface area (Å²) in [4.78, 5) is 6.79. The third kappa shape index (κ3) is 2.17. The molecule has 1 aliphatic rings. The van der Waals surface area contributed by atoms with Crippen molar-refractivity contribution in [1.82, 2.24) is 4.98 Å². The average Bonchev–Trinajstić information content (AvgIpc) is 2.08. The molecule has 1 aliphatic heterocycles. The molecule has 0 aromatic carbocycles. The Morgan fingerprint density at radius 1 is 1.47 bits per heavy atom. The summed E-state index contributed by atoms with van der Waals surface area (Å²) >= 11 is 3.47. The van der Waals surface area contributed by atoms with E-state index in [0.29, 0.717) is 0 Å².